The molecule has 1 aliphatic carbocycles. The molecule has 19 heavy (non-hydrogen) atoms. The highest BCUT2D eigenvalue weighted by Gasteiger charge is 2.31. The van der Waals surface area contributed by atoms with E-state index in [0.29, 0.717) is 17.8 Å². The predicted molar refractivity (Wildman–Crippen MR) is 71.9 cm³/mol. The molecule has 0 saturated heterocycles. The maximum absolute atomic E-state index is 12.1. The molecule has 0 bridgehead atoms. The van der Waals surface area contributed by atoms with Crippen LogP contribution >= 0.6 is 22.9 Å². The van der Waals surface area contributed by atoms with Gasteiger partial charge in [-0.3, -0.25) is 10.1 Å². The van der Waals surface area contributed by atoms with Gasteiger partial charge in [0.05, 0.1) is 4.92 Å². The van der Waals surface area contributed by atoms with Crippen LogP contribution in [0.15, 0.2) is 10.3 Å². The molecule has 10 heteroatoms. The number of rotatable bonds is 4. The molecular weight excluding hydrogens is 314 g/mol. The molecule has 1 fully saturated rings. The van der Waals surface area contributed by atoms with E-state index in [4.69, 9.17) is 17.3 Å². The van der Waals surface area contributed by atoms with Crippen molar-refractivity contribution in [1.82, 2.24) is 4.72 Å². The molecule has 0 spiro atoms. The first kappa shape index (κ1) is 14.7. The summed E-state index contributed by atoms with van der Waals surface area (Å²) < 4.78 is 26.3. The van der Waals surface area contributed by atoms with E-state index in [2.05, 4.69) is 4.72 Å². The minimum atomic E-state index is -3.81. The van der Waals surface area contributed by atoms with Crippen molar-refractivity contribution in [1.29, 1.82) is 0 Å². The molecule has 0 aromatic carbocycles. The average Bonchev–Trinajstić information content (AvgIpc) is 2.86. The molecule has 1 heterocycles. The van der Waals surface area contributed by atoms with Crippen LogP contribution in [-0.4, -0.2) is 25.4 Å². The number of nitrogens with one attached hydrogen (secondary N) is 1. The van der Waals surface area contributed by atoms with Gasteiger partial charge in [-0.05, 0) is 12.8 Å². The third kappa shape index (κ3) is 3.06. The molecule has 1 aliphatic rings. The van der Waals surface area contributed by atoms with E-state index in [-0.39, 0.29) is 20.6 Å². The Kier molecular flexibility index (Phi) is 4.11. The van der Waals surface area contributed by atoms with Gasteiger partial charge in [-0.2, -0.15) is 0 Å². The van der Waals surface area contributed by atoms with E-state index in [1.165, 1.54) is 0 Å². The normalized spacial score (nSPS) is 23.7. The first-order valence-electron chi connectivity index (χ1n) is 5.53. The van der Waals surface area contributed by atoms with Gasteiger partial charge in [0.15, 0.2) is 4.34 Å². The summed E-state index contributed by atoms with van der Waals surface area (Å²) in [5.74, 6) is 0. The van der Waals surface area contributed by atoms with E-state index < -0.39 is 20.6 Å². The monoisotopic (exact) mass is 325 g/mol. The molecular formula is C9H12ClN3O4S2. The number of hydrogen-bond acceptors (Lipinski definition) is 6. The van der Waals surface area contributed by atoms with Crippen molar-refractivity contribution in [2.24, 2.45) is 5.73 Å². The fourth-order valence-electron chi connectivity index (χ4n) is 1.99. The molecule has 2 rings (SSSR count). The van der Waals surface area contributed by atoms with Crippen molar-refractivity contribution in [2.45, 2.75) is 35.6 Å². The molecule has 1 saturated carbocycles. The lowest BCUT2D eigenvalue weighted by Gasteiger charge is -2.16. The summed E-state index contributed by atoms with van der Waals surface area (Å²) in [5, 5.41) is 10.7. The van der Waals surface area contributed by atoms with Gasteiger partial charge in [-0.15, -0.1) is 11.3 Å². The van der Waals surface area contributed by atoms with Crippen molar-refractivity contribution in [3.8, 4) is 0 Å². The molecule has 1 aromatic rings. The van der Waals surface area contributed by atoms with Crippen molar-refractivity contribution >= 4 is 38.6 Å². The summed E-state index contributed by atoms with van der Waals surface area (Å²) in [5.41, 5.74) is 5.39. The van der Waals surface area contributed by atoms with Gasteiger partial charge in [0.1, 0.15) is 4.21 Å². The van der Waals surface area contributed by atoms with Crippen LogP contribution in [0.3, 0.4) is 0 Å². The Bertz CT molecular complexity index is 601. The third-order valence-corrected chi connectivity index (χ3v) is 6.28. The number of nitro groups is 1. The highest BCUT2D eigenvalue weighted by atomic mass is 35.5. The number of sulfonamides is 1. The molecule has 106 valence electrons. The van der Waals surface area contributed by atoms with Gasteiger partial charge in [-0.25, -0.2) is 13.1 Å². The molecule has 0 amide bonds. The van der Waals surface area contributed by atoms with Crippen LogP contribution in [0, 0.1) is 10.1 Å². The Morgan fingerprint density at radius 3 is 2.68 bits per heavy atom. The van der Waals surface area contributed by atoms with Crippen molar-refractivity contribution < 1.29 is 13.3 Å². The molecule has 2 atom stereocenters. The lowest BCUT2D eigenvalue weighted by molar-refractivity contribution is -0.384. The second kappa shape index (κ2) is 5.33. The van der Waals surface area contributed by atoms with Crippen LogP contribution in [0.5, 0.6) is 0 Å². The van der Waals surface area contributed by atoms with Crippen molar-refractivity contribution in [3.05, 3.63) is 20.5 Å². The summed E-state index contributed by atoms with van der Waals surface area (Å²) in [6.45, 7) is 0. The third-order valence-electron chi connectivity index (χ3n) is 2.98. The average molecular weight is 326 g/mol. The smallest absolute Gasteiger partial charge is 0.300 e. The standard InChI is InChI=1S/C9H12ClN3O4S2/c10-9-7(13(14)15)4-8(18-9)19(16,17)12-6-3-1-2-5(6)11/h4-6,12H,1-3,11H2. The second-order valence-electron chi connectivity index (χ2n) is 4.30. The van der Waals surface area contributed by atoms with Crippen molar-refractivity contribution in [3.63, 3.8) is 0 Å². The summed E-state index contributed by atoms with van der Waals surface area (Å²) >= 11 is 6.32. The molecule has 3 N–H and O–H groups in total. The Hall–Kier alpha value is -0.740. The van der Waals surface area contributed by atoms with Gasteiger partial charge in [0.2, 0.25) is 0 Å². The minimum absolute atomic E-state index is 0.152. The van der Waals surface area contributed by atoms with Crippen LogP contribution < -0.4 is 10.5 Å². The van der Waals surface area contributed by atoms with E-state index in [1.54, 1.807) is 0 Å². The number of thiophene rings is 1. The van der Waals surface area contributed by atoms with Crippen LogP contribution in [0.4, 0.5) is 5.69 Å². The Labute approximate surface area is 118 Å². The zero-order chi connectivity index (χ0) is 14.2. The van der Waals surface area contributed by atoms with Gasteiger partial charge in [-0.1, -0.05) is 18.0 Å². The number of halogens is 1. The van der Waals surface area contributed by atoms with E-state index >= 15 is 0 Å². The van der Waals surface area contributed by atoms with Gasteiger partial charge < -0.3 is 5.73 Å². The second-order valence-corrected chi connectivity index (χ2v) is 7.90. The molecule has 0 radical (unpaired) electrons. The van der Waals surface area contributed by atoms with Gasteiger partial charge in [0.25, 0.3) is 15.7 Å². The summed E-state index contributed by atoms with van der Waals surface area (Å²) in [6.07, 6.45) is 2.29. The summed E-state index contributed by atoms with van der Waals surface area (Å²) in [4.78, 5) is 9.94. The maximum atomic E-state index is 12.1. The van der Waals surface area contributed by atoms with E-state index in [9.17, 15) is 18.5 Å². The SMILES string of the molecule is NC1CCCC1NS(=O)(=O)c1cc([N+](=O)[O-])c(Cl)s1. The summed E-state index contributed by atoms with van der Waals surface area (Å²) in [7, 11) is -3.81. The van der Waals surface area contributed by atoms with E-state index in [1.807, 2.05) is 0 Å². The van der Waals surface area contributed by atoms with Crippen LogP contribution in [0.25, 0.3) is 0 Å². The Morgan fingerprint density at radius 1 is 1.53 bits per heavy atom. The molecule has 7 nitrogen and oxygen atoms in total. The van der Waals surface area contributed by atoms with E-state index in [0.717, 1.165) is 18.9 Å². The van der Waals surface area contributed by atoms with Crippen LogP contribution in [0.1, 0.15) is 19.3 Å². The fourth-order valence-corrected chi connectivity index (χ4v) is 4.99. The Balaban J connectivity index is 2.24. The maximum Gasteiger partial charge on any atom is 0.300 e. The first-order valence-corrected chi connectivity index (χ1v) is 8.20. The first-order chi connectivity index (χ1) is 8.81. The molecule has 2 unspecified atom stereocenters. The minimum Gasteiger partial charge on any atom is -0.326 e. The zero-order valence-electron chi connectivity index (χ0n) is 9.71. The molecule has 0 aliphatic heterocycles. The lowest BCUT2D eigenvalue weighted by Crippen LogP contribution is -2.43. The lowest BCUT2D eigenvalue weighted by atomic mass is 10.2. The largest absolute Gasteiger partial charge is 0.326 e. The van der Waals surface area contributed by atoms with Crippen LogP contribution in [0.2, 0.25) is 4.34 Å². The highest BCUT2D eigenvalue weighted by molar-refractivity contribution is 7.91. The van der Waals surface area contributed by atoms with Gasteiger partial charge in [0, 0.05) is 18.2 Å². The number of nitrogens with two attached hydrogens (primary N) is 1. The Morgan fingerprint density at radius 2 is 2.21 bits per heavy atom. The highest BCUT2D eigenvalue weighted by Crippen LogP contribution is 2.36. The quantitative estimate of drug-likeness (QED) is 0.642. The van der Waals surface area contributed by atoms with Crippen LogP contribution in [-0.2, 0) is 10.0 Å². The fraction of sp³-hybridized carbons (Fsp3) is 0.556. The molecule has 1 aromatic heterocycles. The van der Waals surface area contributed by atoms with Crippen molar-refractivity contribution in [2.75, 3.05) is 0 Å². The summed E-state index contributed by atoms with van der Waals surface area (Å²) in [6, 6.07) is 0.417. The number of nitrogens with zero attached hydrogens (tertiary/aromatic N) is 1. The predicted octanol–water partition coefficient (Wildman–Crippen LogP) is 1.47. The topological polar surface area (TPSA) is 115 Å². The zero-order valence-corrected chi connectivity index (χ0v) is 12.1. The van der Waals surface area contributed by atoms with Gasteiger partial charge >= 0.3 is 0 Å². The number of hydrogen-bond donors (Lipinski definition) is 2.